The summed E-state index contributed by atoms with van der Waals surface area (Å²) >= 11 is 1.72. The summed E-state index contributed by atoms with van der Waals surface area (Å²) in [6, 6.07) is 14.3. The average Bonchev–Trinajstić information content (AvgIpc) is 2.82. The molecule has 3 aromatic rings. The van der Waals surface area contributed by atoms with Crippen LogP contribution in [0.3, 0.4) is 0 Å². The van der Waals surface area contributed by atoms with Crippen LogP contribution in [0.2, 0.25) is 0 Å². The zero-order valence-electron chi connectivity index (χ0n) is 11.1. The van der Waals surface area contributed by atoms with E-state index in [1.807, 2.05) is 18.2 Å². The number of nitrogens with zero attached hydrogens (tertiary/aromatic N) is 1. The fraction of sp³-hybridized carbons (Fsp3) is 0.188. The number of nitrogens with two attached hydrogens (primary N) is 1. The van der Waals surface area contributed by atoms with Crippen LogP contribution in [-0.2, 0) is 0 Å². The molecule has 3 rings (SSSR count). The van der Waals surface area contributed by atoms with Gasteiger partial charge in [-0.15, -0.1) is 11.3 Å². The lowest BCUT2D eigenvalue weighted by atomic mass is 10.0. The average molecular weight is 268 g/mol. The third-order valence-corrected chi connectivity index (χ3v) is 4.28. The number of hydrogen-bond donors (Lipinski definition) is 1. The summed E-state index contributed by atoms with van der Waals surface area (Å²) in [7, 11) is 0. The maximum absolute atomic E-state index is 5.85. The molecule has 0 amide bonds. The smallest absolute Gasteiger partial charge is 0.124 e. The summed E-state index contributed by atoms with van der Waals surface area (Å²) in [5.74, 6) is 0.486. The van der Waals surface area contributed by atoms with Gasteiger partial charge in [0.05, 0.1) is 10.2 Å². The lowest BCUT2D eigenvalue weighted by Gasteiger charge is -2.04. The first-order chi connectivity index (χ1) is 9.15. The Hall–Kier alpha value is -1.87. The molecule has 0 aliphatic heterocycles. The second kappa shape index (κ2) is 4.67. The van der Waals surface area contributed by atoms with Gasteiger partial charge in [0.1, 0.15) is 5.01 Å². The predicted octanol–water partition coefficient (Wildman–Crippen LogP) is 4.67. The lowest BCUT2D eigenvalue weighted by molar-refractivity contribution is 0.874. The van der Waals surface area contributed by atoms with Gasteiger partial charge in [0.25, 0.3) is 0 Å². The van der Waals surface area contributed by atoms with Gasteiger partial charge in [-0.05, 0) is 29.7 Å². The van der Waals surface area contributed by atoms with Gasteiger partial charge < -0.3 is 5.73 Å². The molecule has 0 aliphatic carbocycles. The Kier molecular flexibility index (Phi) is 2.99. The Bertz CT molecular complexity index is 728. The van der Waals surface area contributed by atoms with E-state index in [0.29, 0.717) is 5.92 Å². The molecule has 19 heavy (non-hydrogen) atoms. The van der Waals surface area contributed by atoms with Gasteiger partial charge in [0.15, 0.2) is 0 Å². The van der Waals surface area contributed by atoms with E-state index in [9.17, 15) is 0 Å². The fourth-order valence-electron chi connectivity index (χ4n) is 2.23. The van der Waals surface area contributed by atoms with Gasteiger partial charge >= 0.3 is 0 Å². The first kappa shape index (κ1) is 12.2. The van der Waals surface area contributed by atoms with Crippen molar-refractivity contribution < 1.29 is 0 Å². The molecule has 0 spiro atoms. The highest BCUT2D eigenvalue weighted by atomic mass is 32.1. The zero-order chi connectivity index (χ0) is 13.4. The minimum absolute atomic E-state index is 0.486. The number of rotatable bonds is 2. The monoisotopic (exact) mass is 268 g/mol. The van der Waals surface area contributed by atoms with Crippen molar-refractivity contribution in [1.82, 2.24) is 4.98 Å². The maximum atomic E-state index is 5.85. The number of para-hydroxylation sites is 1. The maximum Gasteiger partial charge on any atom is 0.124 e. The SMILES string of the molecule is CC(C)c1cccc2sc(-c3cccc(N)c3)nc12. The van der Waals surface area contributed by atoms with Crippen molar-refractivity contribution in [3.8, 4) is 10.6 Å². The van der Waals surface area contributed by atoms with E-state index in [4.69, 9.17) is 10.7 Å². The fourth-order valence-corrected chi connectivity index (χ4v) is 3.23. The molecule has 2 nitrogen and oxygen atoms in total. The molecular weight excluding hydrogens is 252 g/mol. The highest BCUT2D eigenvalue weighted by Gasteiger charge is 2.11. The minimum Gasteiger partial charge on any atom is -0.399 e. The number of aromatic nitrogens is 1. The van der Waals surface area contributed by atoms with E-state index in [1.165, 1.54) is 10.3 Å². The molecule has 2 N–H and O–H groups in total. The van der Waals surface area contributed by atoms with E-state index in [0.717, 1.165) is 21.8 Å². The Balaban J connectivity index is 2.19. The third-order valence-electron chi connectivity index (χ3n) is 3.21. The van der Waals surface area contributed by atoms with E-state index in [2.05, 4.69) is 38.1 Å². The van der Waals surface area contributed by atoms with E-state index in [1.54, 1.807) is 11.3 Å². The van der Waals surface area contributed by atoms with E-state index >= 15 is 0 Å². The predicted molar refractivity (Wildman–Crippen MR) is 83.6 cm³/mol. The van der Waals surface area contributed by atoms with Crippen molar-refractivity contribution in [2.75, 3.05) is 5.73 Å². The number of thiazole rings is 1. The molecule has 0 aliphatic rings. The molecule has 96 valence electrons. The Morgan fingerprint density at radius 1 is 1.11 bits per heavy atom. The molecule has 0 saturated heterocycles. The zero-order valence-corrected chi connectivity index (χ0v) is 11.9. The summed E-state index contributed by atoms with van der Waals surface area (Å²) in [4.78, 5) is 4.81. The number of fused-ring (bicyclic) bond motifs is 1. The summed E-state index contributed by atoms with van der Waals surface area (Å²) in [5.41, 5.74) is 10.2. The Labute approximate surface area is 116 Å². The van der Waals surface area contributed by atoms with Crippen molar-refractivity contribution in [1.29, 1.82) is 0 Å². The van der Waals surface area contributed by atoms with E-state index in [-0.39, 0.29) is 0 Å². The van der Waals surface area contributed by atoms with Crippen LogP contribution >= 0.6 is 11.3 Å². The molecule has 2 aromatic carbocycles. The molecule has 0 bridgehead atoms. The molecule has 1 aromatic heterocycles. The molecule has 3 heteroatoms. The van der Waals surface area contributed by atoms with Gasteiger partial charge in [-0.2, -0.15) is 0 Å². The quantitative estimate of drug-likeness (QED) is 0.686. The second-order valence-corrected chi connectivity index (χ2v) is 6.02. The van der Waals surface area contributed by atoms with Gasteiger partial charge in [0, 0.05) is 11.3 Å². The van der Waals surface area contributed by atoms with Crippen LogP contribution in [0.1, 0.15) is 25.3 Å². The standard InChI is InChI=1S/C16H16N2S/c1-10(2)13-7-4-8-14-15(13)18-16(19-14)11-5-3-6-12(17)9-11/h3-10H,17H2,1-2H3. The minimum atomic E-state index is 0.486. The molecule has 0 atom stereocenters. The summed E-state index contributed by atoms with van der Waals surface area (Å²) in [6.45, 7) is 4.41. The normalized spacial score (nSPS) is 11.3. The van der Waals surface area contributed by atoms with Crippen LogP contribution in [0.4, 0.5) is 5.69 Å². The molecule has 0 radical (unpaired) electrons. The van der Waals surface area contributed by atoms with Crippen LogP contribution in [0.15, 0.2) is 42.5 Å². The number of anilines is 1. The van der Waals surface area contributed by atoms with Crippen molar-refractivity contribution in [2.45, 2.75) is 19.8 Å². The molecule has 0 saturated carbocycles. The lowest BCUT2D eigenvalue weighted by Crippen LogP contribution is -1.88. The van der Waals surface area contributed by atoms with Crippen molar-refractivity contribution >= 4 is 27.2 Å². The summed E-state index contributed by atoms with van der Waals surface area (Å²) in [5, 5.41) is 1.04. The Morgan fingerprint density at radius 2 is 1.89 bits per heavy atom. The van der Waals surface area contributed by atoms with Crippen LogP contribution in [0.5, 0.6) is 0 Å². The summed E-state index contributed by atoms with van der Waals surface area (Å²) < 4.78 is 1.24. The molecular formula is C16H16N2S. The number of benzene rings is 2. The van der Waals surface area contributed by atoms with Gasteiger partial charge in [0.2, 0.25) is 0 Å². The van der Waals surface area contributed by atoms with Gasteiger partial charge in [-0.1, -0.05) is 38.1 Å². The first-order valence-electron chi connectivity index (χ1n) is 6.40. The van der Waals surface area contributed by atoms with Crippen LogP contribution in [0.25, 0.3) is 20.8 Å². The molecule has 1 heterocycles. The second-order valence-electron chi connectivity index (χ2n) is 4.99. The highest BCUT2D eigenvalue weighted by molar-refractivity contribution is 7.21. The molecule has 0 fully saturated rings. The number of nitrogen functional groups attached to an aromatic ring is 1. The topological polar surface area (TPSA) is 38.9 Å². The third kappa shape index (κ3) is 2.22. The van der Waals surface area contributed by atoms with Gasteiger partial charge in [-0.25, -0.2) is 4.98 Å². The van der Waals surface area contributed by atoms with Gasteiger partial charge in [-0.3, -0.25) is 0 Å². The summed E-state index contributed by atoms with van der Waals surface area (Å²) in [6.07, 6.45) is 0. The van der Waals surface area contributed by atoms with Crippen molar-refractivity contribution in [2.24, 2.45) is 0 Å². The Morgan fingerprint density at radius 3 is 2.63 bits per heavy atom. The van der Waals surface area contributed by atoms with E-state index < -0.39 is 0 Å². The number of hydrogen-bond acceptors (Lipinski definition) is 3. The van der Waals surface area contributed by atoms with Crippen LogP contribution in [0, 0.1) is 0 Å². The van der Waals surface area contributed by atoms with Crippen LogP contribution in [-0.4, -0.2) is 4.98 Å². The first-order valence-corrected chi connectivity index (χ1v) is 7.22. The molecule has 0 unspecified atom stereocenters. The van der Waals surface area contributed by atoms with Crippen LogP contribution < -0.4 is 5.73 Å². The van der Waals surface area contributed by atoms with Crippen molar-refractivity contribution in [3.05, 3.63) is 48.0 Å². The largest absolute Gasteiger partial charge is 0.399 e. The van der Waals surface area contributed by atoms with Crippen molar-refractivity contribution in [3.63, 3.8) is 0 Å². The highest BCUT2D eigenvalue weighted by Crippen LogP contribution is 2.34.